The summed E-state index contributed by atoms with van der Waals surface area (Å²) in [5.74, 6) is -1.59. The number of carbonyl (C=O) groups excluding carboxylic acids is 2. The second-order valence-electron chi connectivity index (χ2n) is 4.49. The molecule has 2 aromatic rings. The molecule has 0 saturated carbocycles. The minimum absolute atomic E-state index is 0.211. The van der Waals surface area contributed by atoms with Gasteiger partial charge in [0.2, 0.25) is 0 Å². The lowest BCUT2D eigenvalue weighted by atomic mass is 10.1. The second kappa shape index (κ2) is 7.70. The number of benzene rings is 2. The summed E-state index contributed by atoms with van der Waals surface area (Å²) in [6, 6.07) is 13.0. The Morgan fingerprint density at radius 1 is 1.14 bits per heavy atom. The Balaban J connectivity index is 1.81. The van der Waals surface area contributed by atoms with Gasteiger partial charge in [0, 0.05) is 10.2 Å². The lowest BCUT2D eigenvalue weighted by Crippen LogP contribution is -2.21. The number of hydrogen-bond donors (Lipinski definition) is 1. The van der Waals surface area contributed by atoms with Crippen molar-refractivity contribution in [1.29, 1.82) is 0 Å². The molecule has 0 unspecified atom stereocenters. The van der Waals surface area contributed by atoms with E-state index in [2.05, 4.69) is 21.2 Å². The van der Waals surface area contributed by atoms with Crippen molar-refractivity contribution in [2.24, 2.45) is 0 Å². The van der Waals surface area contributed by atoms with Crippen molar-refractivity contribution in [2.75, 3.05) is 11.9 Å². The lowest BCUT2D eigenvalue weighted by Gasteiger charge is -2.07. The Morgan fingerprint density at radius 3 is 2.64 bits per heavy atom. The maximum absolute atomic E-state index is 13.4. The Kier molecular flexibility index (Phi) is 5.66. The Morgan fingerprint density at radius 2 is 1.91 bits per heavy atom. The number of nitrogens with one attached hydrogen (secondary N) is 1. The fourth-order valence-corrected chi connectivity index (χ4v) is 2.16. The second-order valence-corrected chi connectivity index (χ2v) is 5.40. The monoisotopic (exact) mass is 365 g/mol. The van der Waals surface area contributed by atoms with Crippen LogP contribution in [0.4, 0.5) is 10.1 Å². The van der Waals surface area contributed by atoms with E-state index in [0.717, 1.165) is 4.47 Å². The highest BCUT2D eigenvalue weighted by Gasteiger charge is 2.11. The van der Waals surface area contributed by atoms with Gasteiger partial charge in [0.1, 0.15) is 5.82 Å². The molecule has 0 aliphatic rings. The molecule has 6 heteroatoms. The highest BCUT2D eigenvalue weighted by molar-refractivity contribution is 9.10. The Bertz CT molecular complexity index is 691. The van der Waals surface area contributed by atoms with E-state index in [1.807, 2.05) is 6.07 Å². The zero-order chi connectivity index (χ0) is 15.9. The number of halogens is 2. The van der Waals surface area contributed by atoms with Crippen molar-refractivity contribution in [2.45, 2.75) is 6.42 Å². The Labute approximate surface area is 135 Å². The fourth-order valence-electron chi connectivity index (χ4n) is 1.76. The van der Waals surface area contributed by atoms with Crippen LogP contribution in [-0.4, -0.2) is 18.5 Å². The third-order valence-corrected chi connectivity index (χ3v) is 3.26. The maximum Gasteiger partial charge on any atom is 0.310 e. The van der Waals surface area contributed by atoms with Gasteiger partial charge >= 0.3 is 5.97 Å². The first-order chi connectivity index (χ1) is 10.5. The summed E-state index contributed by atoms with van der Waals surface area (Å²) in [5, 5.41) is 2.59. The minimum atomic E-state index is -0.658. The highest BCUT2D eigenvalue weighted by atomic mass is 79.9. The van der Waals surface area contributed by atoms with Crippen molar-refractivity contribution in [3.05, 3.63) is 64.4 Å². The van der Waals surface area contributed by atoms with Crippen LogP contribution in [0, 0.1) is 5.82 Å². The molecule has 1 N–H and O–H groups in total. The van der Waals surface area contributed by atoms with Crippen LogP contribution < -0.4 is 5.32 Å². The normalized spacial score (nSPS) is 10.1. The SMILES string of the molecule is O=C(COC(=O)Cc1ccccc1F)Nc1cccc(Br)c1. The van der Waals surface area contributed by atoms with Crippen molar-refractivity contribution in [3.8, 4) is 0 Å². The maximum atomic E-state index is 13.4. The first-order valence-corrected chi connectivity index (χ1v) is 7.28. The smallest absolute Gasteiger partial charge is 0.310 e. The summed E-state index contributed by atoms with van der Waals surface area (Å²) in [4.78, 5) is 23.3. The number of anilines is 1. The van der Waals surface area contributed by atoms with Gasteiger partial charge in [0.25, 0.3) is 5.91 Å². The number of rotatable bonds is 5. The van der Waals surface area contributed by atoms with Crippen molar-refractivity contribution < 1.29 is 18.7 Å². The standard InChI is InChI=1S/C16H13BrFNO3/c17-12-5-3-6-13(9-12)19-15(20)10-22-16(21)8-11-4-1-2-7-14(11)18/h1-7,9H,8,10H2,(H,19,20). The van der Waals surface area contributed by atoms with E-state index in [1.165, 1.54) is 18.2 Å². The summed E-state index contributed by atoms with van der Waals surface area (Å²) < 4.78 is 19.0. The molecular weight excluding hydrogens is 353 g/mol. The van der Waals surface area contributed by atoms with E-state index < -0.39 is 24.3 Å². The van der Waals surface area contributed by atoms with Crippen molar-refractivity contribution in [3.63, 3.8) is 0 Å². The third kappa shape index (κ3) is 4.96. The predicted octanol–water partition coefficient (Wildman–Crippen LogP) is 3.31. The number of carbonyl (C=O) groups is 2. The molecule has 0 heterocycles. The average Bonchev–Trinajstić information content (AvgIpc) is 2.48. The minimum Gasteiger partial charge on any atom is -0.455 e. The van der Waals surface area contributed by atoms with E-state index in [0.29, 0.717) is 5.69 Å². The summed E-state index contributed by atoms with van der Waals surface area (Å²) in [5.41, 5.74) is 0.824. The van der Waals surface area contributed by atoms with Crippen LogP contribution in [-0.2, 0) is 20.7 Å². The van der Waals surface area contributed by atoms with Crippen LogP contribution in [0.15, 0.2) is 53.0 Å². The van der Waals surface area contributed by atoms with Crippen LogP contribution in [0.1, 0.15) is 5.56 Å². The molecule has 1 amide bonds. The zero-order valence-corrected chi connectivity index (χ0v) is 13.1. The molecule has 0 spiro atoms. The van der Waals surface area contributed by atoms with Crippen LogP contribution in [0.5, 0.6) is 0 Å². The quantitative estimate of drug-likeness (QED) is 0.827. The lowest BCUT2D eigenvalue weighted by molar-refractivity contribution is -0.146. The van der Waals surface area contributed by atoms with Gasteiger partial charge in [0.15, 0.2) is 6.61 Å². The molecule has 0 radical (unpaired) electrons. The molecule has 0 fully saturated rings. The first kappa shape index (κ1) is 16.2. The predicted molar refractivity (Wildman–Crippen MR) is 83.8 cm³/mol. The molecule has 4 nitrogen and oxygen atoms in total. The molecule has 0 bridgehead atoms. The average molecular weight is 366 g/mol. The number of ether oxygens (including phenoxy) is 1. The molecule has 22 heavy (non-hydrogen) atoms. The van der Waals surface area contributed by atoms with Crippen LogP contribution >= 0.6 is 15.9 Å². The van der Waals surface area contributed by atoms with E-state index in [1.54, 1.807) is 24.3 Å². The summed E-state index contributed by atoms with van der Waals surface area (Å²) >= 11 is 3.29. The molecule has 2 rings (SSSR count). The van der Waals surface area contributed by atoms with Gasteiger partial charge in [-0.15, -0.1) is 0 Å². The van der Waals surface area contributed by atoms with Crippen LogP contribution in [0.3, 0.4) is 0 Å². The molecule has 0 saturated heterocycles. The third-order valence-electron chi connectivity index (χ3n) is 2.77. The largest absolute Gasteiger partial charge is 0.455 e. The summed E-state index contributed by atoms with van der Waals surface area (Å²) in [6.45, 7) is -0.417. The van der Waals surface area contributed by atoms with Crippen LogP contribution in [0.25, 0.3) is 0 Å². The highest BCUT2D eigenvalue weighted by Crippen LogP contribution is 2.15. The fraction of sp³-hybridized carbons (Fsp3) is 0.125. The molecule has 114 valence electrons. The van der Waals surface area contributed by atoms with Crippen LogP contribution in [0.2, 0.25) is 0 Å². The van der Waals surface area contributed by atoms with E-state index in [9.17, 15) is 14.0 Å². The van der Waals surface area contributed by atoms with Gasteiger partial charge in [0.05, 0.1) is 6.42 Å². The number of esters is 1. The molecular formula is C16H13BrFNO3. The number of amides is 1. The first-order valence-electron chi connectivity index (χ1n) is 6.49. The van der Waals surface area contributed by atoms with Gasteiger partial charge in [-0.2, -0.15) is 0 Å². The molecule has 0 aromatic heterocycles. The topological polar surface area (TPSA) is 55.4 Å². The molecule has 0 atom stereocenters. The number of hydrogen-bond acceptors (Lipinski definition) is 3. The summed E-state index contributed by atoms with van der Waals surface area (Å²) in [7, 11) is 0. The van der Waals surface area contributed by atoms with E-state index in [4.69, 9.17) is 4.74 Å². The van der Waals surface area contributed by atoms with E-state index in [-0.39, 0.29) is 12.0 Å². The van der Waals surface area contributed by atoms with Gasteiger partial charge in [-0.3, -0.25) is 9.59 Å². The van der Waals surface area contributed by atoms with Gasteiger partial charge < -0.3 is 10.1 Å². The molecule has 0 aliphatic heterocycles. The van der Waals surface area contributed by atoms with Gasteiger partial charge in [-0.25, -0.2) is 4.39 Å². The van der Waals surface area contributed by atoms with Gasteiger partial charge in [-0.05, 0) is 29.8 Å². The zero-order valence-electron chi connectivity index (χ0n) is 11.5. The molecule has 2 aromatic carbocycles. The van der Waals surface area contributed by atoms with Crippen molar-refractivity contribution in [1.82, 2.24) is 0 Å². The molecule has 0 aliphatic carbocycles. The van der Waals surface area contributed by atoms with E-state index >= 15 is 0 Å². The Hall–Kier alpha value is -2.21. The van der Waals surface area contributed by atoms with Gasteiger partial charge in [-0.1, -0.05) is 40.2 Å². The summed E-state index contributed by atoms with van der Waals surface area (Å²) in [6.07, 6.45) is -0.211. The van der Waals surface area contributed by atoms with Crippen molar-refractivity contribution >= 4 is 33.5 Å².